The quantitative estimate of drug-likeness (QED) is 0.293. The molecule has 0 saturated heterocycles. The van der Waals surface area contributed by atoms with Crippen LogP contribution in [0.5, 0.6) is 5.75 Å². The monoisotopic (exact) mass is 534 g/mol. The van der Waals surface area contributed by atoms with Crippen LogP contribution in [0.25, 0.3) is 0 Å². The lowest BCUT2D eigenvalue weighted by Crippen LogP contribution is -2.54. The molecule has 1 aromatic carbocycles. The zero-order valence-corrected chi connectivity index (χ0v) is 26.6. The molecule has 0 radical (unpaired) electrons. The molecule has 0 bridgehead atoms. The Morgan fingerprint density at radius 3 is 2.31 bits per heavy atom. The fraction of sp³-hybridized carbons (Fsp3) is 0.784. The summed E-state index contributed by atoms with van der Waals surface area (Å²) in [6, 6.07) is 8.40. The van der Waals surface area contributed by atoms with Crippen molar-refractivity contribution in [1.82, 2.24) is 0 Å². The molecule has 2 fully saturated rings. The van der Waals surface area contributed by atoms with Crippen LogP contribution in [0.15, 0.2) is 35.4 Å². The number of hydrogen-bond acceptors (Lipinski definition) is 2. The third kappa shape index (κ3) is 5.26. The summed E-state index contributed by atoms with van der Waals surface area (Å²) in [6.45, 7) is 18.5. The number of hydrogen-bond donors (Lipinski definition) is 0. The van der Waals surface area contributed by atoms with Crippen LogP contribution < -0.4 is 4.74 Å². The van der Waals surface area contributed by atoms with Gasteiger partial charge in [0.05, 0.1) is 19.8 Å². The molecule has 0 aliphatic heterocycles. The smallest absolute Gasteiger partial charge is 0.118 e. The van der Waals surface area contributed by atoms with E-state index in [-0.39, 0.29) is 5.41 Å². The number of methoxy groups -OCH3 is 1. The minimum Gasteiger partial charge on any atom is -0.497 e. The van der Waals surface area contributed by atoms with Crippen molar-refractivity contribution in [1.29, 1.82) is 0 Å². The molecule has 0 aromatic heterocycles. The van der Waals surface area contributed by atoms with E-state index in [2.05, 4.69) is 60.6 Å². The van der Waals surface area contributed by atoms with Gasteiger partial charge in [-0.1, -0.05) is 91.0 Å². The van der Waals surface area contributed by atoms with E-state index in [0.717, 1.165) is 35.3 Å². The van der Waals surface area contributed by atoms with Crippen molar-refractivity contribution < 1.29 is 9.47 Å². The molecule has 0 spiro atoms. The van der Waals surface area contributed by atoms with Crippen LogP contribution >= 0.6 is 0 Å². The minimum absolute atomic E-state index is 0.196. The minimum atomic E-state index is 0.196. The molecule has 0 heterocycles. The predicted molar refractivity (Wildman–Crippen MR) is 164 cm³/mol. The summed E-state index contributed by atoms with van der Waals surface area (Å²) in [4.78, 5) is 0. The van der Waals surface area contributed by atoms with E-state index in [9.17, 15) is 0 Å². The fourth-order valence-corrected chi connectivity index (χ4v) is 10.5. The van der Waals surface area contributed by atoms with Crippen molar-refractivity contribution in [2.75, 3.05) is 7.11 Å². The van der Waals surface area contributed by atoms with E-state index in [1.165, 1.54) is 76.2 Å². The number of ether oxygens (including phenoxy) is 2. The van der Waals surface area contributed by atoms with Gasteiger partial charge in [0.25, 0.3) is 0 Å². The molecular weight excluding hydrogens is 476 g/mol. The largest absolute Gasteiger partial charge is 0.497 e. The van der Waals surface area contributed by atoms with Crippen molar-refractivity contribution in [2.45, 2.75) is 132 Å². The normalized spacial score (nSPS) is 36.3. The Labute approximate surface area is 240 Å². The molecule has 0 N–H and O–H groups in total. The van der Waals surface area contributed by atoms with Crippen LogP contribution in [0.2, 0.25) is 0 Å². The van der Waals surface area contributed by atoms with Gasteiger partial charge in [0, 0.05) is 0 Å². The molecule has 2 heteroatoms. The maximum Gasteiger partial charge on any atom is 0.118 e. The highest BCUT2D eigenvalue weighted by molar-refractivity contribution is 5.35. The van der Waals surface area contributed by atoms with Crippen LogP contribution in [0, 0.1) is 45.8 Å². The number of benzene rings is 1. The Balaban J connectivity index is 1.29. The predicted octanol–water partition coefficient (Wildman–Crippen LogP) is 10.4. The molecule has 218 valence electrons. The first kappa shape index (κ1) is 29.2. The zero-order valence-electron chi connectivity index (χ0n) is 26.6. The van der Waals surface area contributed by atoms with Crippen molar-refractivity contribution in [3.63, 3.8) is 0 Å². The van der Waals surface area contributed by atoms with Gasteiger partial charge in [0.1, 0.15) is 5.75 Å². The Morgan fingerprint density at radius 2 is 1.62 bits per heavy atom. The summed E-state index contributed by atoms with van der Waals surface area (Å²) < 4.78 is 12.0. The molecular formula is C37H58O2. The molecule has 1 aromatic rings. The second kappa shape index (κ2) is 11.2. The molecule has 4 aliphatic rings. The van der Waals surface area contributed by atoms with Crippen LogP contribution in [-0.2, 0) is 11.3 Å². The van der Waals surface area contributed by atoms with E-state index >= 15 is 0 Å². The first-order chi connectivity index (χ1) is 18.5. The number of rotatable bonds is 9. The standard InChI is InChI=1S/C37H58O2/c1-25(2)10-9-11-26(3)30-17-18-31-29-16-19-33-35(4,5)34(39-24-27-12-14-28(38-8)15-13-27)21-23-37(33,7)32(29)20-22-36(30,31)6/h12-15,25-26,30-31,33-34H,9-11,16-24H2,1-8H3/t26-,30-,31+,33+,34+,36-,37-/m1/s1. The summed E-state index contributed by atoms with van der Waals surface area (Å²) in [6.07, 6.45) is 15.5. The van der Waals surface area contributed by atoms with Gasteiger partial charge >= 0.3 is 0 Å². The third-order valence-electron chi connectivity index (χ3n) is 12.7. The van der Waals surface area contributed by atoms with Gasteiger partial charge in [0.2, 0.25) is 0 Å². The molecule has 39 heavy (non-hydrogen) atoms. The lowest BCUT2D eigenvalue weighted by molar-refractivity contribution is -0.130. The van der Waals surface area contributed by atoms with Gasteiger partial charge in [0.15, 0.2) is 0 Å². The van der Waals surface area contributed by atoms with Crippen LogP contribution in [0.1, 0.15) is 125 Å². The summed E-state index contributed by atoms with van der Waals surface area (Å²) >= 11 is 0. The van der Waals surface area contributed by atoms with E-state index in [1.54, 1.807) is 7.11 Å². The van der Waals surface area contributed by atoms with Gasteiger partial charge < -0.3 is 9.47 Å². The van der Waals surface area contributed by atoms with Gasteiger partial charge in [-0.2, -0.15) is 0 Å². The molecule has 5 rings (SSSR count). The highest BCUT2D eigenvalue weighted by Crippen LogP contribution is 2.68. The van der Waals surface area contributed by atoms with Crippen molar-refractivity contribution in [2.24, 2.45) is 45.8 Å². The molecule has 0 amide bonds. The highest BCUT2D eigenvalue weighted by atomic mass is 16.5. The third-order valence-corrected chi connectivity index (χ3v) is 12.7. The van der Waals surface area contributed by atoms with Gasteiger partial charge in [-0.3, -0.25) is 0 Å². The number of allylic oxidation sites excluding steroid dienone is 2. The van der Waals surface area contributed by atoms with Crippen LogP contribution in [0.3, 0.4) is 0 Å². The van der Waals surface area contributed by atoms with Gasteiger partial charge in [-0.05, 0) is 115 Å². The zero-order chi connectivity index (χ0) is 28.0. The second-order valence-electron chi connectivity index (χ2n) is 15.6. The summed E-state index contributed by atoms with van der Waals surface area (Å²) in [5.41, 5.74) is 6.19. The summed E-state index contributed by atoms with van der Waals surface area (Å²) in [7, 11) is 1.73. The Kier molecular flexibility index (Phi) is 8.38. The van der Waals surface area contributed by atoms with Gasteiger partial charge in [-0.25, -0.2) is 0 Å². The molecule has 2 saturated carbocycles. The average molecular weight is 535 g/mol. The maximum absolute atomic E-state index is 6.70. The van der Waals surface area contributed by atoms with E-state index in [1.807, 2.05) is 23.3 Å². The summed E-state index contributed by atoms with van der Waals surface area (Å²) in [5.74, 6) is 5.13. The summed E-state index contributed by atoms with van der Waals surface area (Å²) in [5, 5.41) is 0. The average Bonchev–Trinajstić information content (AvgIpc) is 3.25. The Hall–Kier alpha value is -1.28. The topological polar surface area (TPSA) is 18.5 Å². The fourth-order valence-electron chi connectivity index (χ4n) is 10.5. The Morgan fingerprint density at radius 1 is 0.872 bits per heavy atom. The van der Waals surface area contributed by atoms with Crippen molar-refractivity contribution in [3.05, 3.63) is 41.0 Å². The maximum atomic E-state index is 6.70. The van der Waals surface area contributed by atoms with Crippen LogP contribution in [0.4, 0.5) is 0 Å². The lowest BCUT2D eigenvalue weighted by atomic mass is 9.45. The second-order valence-corrected chi connectivity index (χ2v) is 15.6. The molecule has 7 atom stereocenters. The highest BCUT2D eigenvalue weighted by Gasteiger charge is 2.59. The lowest BCUT2D eigenvalue weighted by Gasteiger charge is -2.60. The van der Waals surface area contributed by atoms with Gasteiger partial charge in [-0.15, -0.1) is 0 Å². The van der Waals surface area contributed by atoms with Crippen LogP contribution in [-0.4, -0.2) is 13.2 Å². The van der Waals surface area contributed by atoms with E-state index in [4.69, 9.17) is 9.47 Å². The van der Waals surface area contributed by atoms with Crippen molar-refractivity contribution >= 4 is 0 Å². The first-order valence-electron chi connectivity index (χ1n) is 16.5. The molecule has 0 unspecified atom stereocenters. The SMILES string of the molecule is COc1ccc(CO[C@H]2CC[C@]3(C)C4=C(CC[C@H]3C2(C)C)[C@@H]2CC[C@H]([C@H](C)CCCC(C)C)[C@@]2(C)CC4)cc1. The Bertz CT molecular complexity index is 1020. The molecule has 2 nitrogen and oxygen atoms in total. The number of fused-ring (bicyclic) bond motifs is 4. The van der Waals surface area contributed by atoms with Crippen molar-refractivity contribution in [3.8, 4) is 5.75 Å². The molecule has 4 aliphatic carbocycles. The van der Waals surface area contributed by atoms with E-state index in [0.29, 0.717) is 23.5 Å². The van der Waals surface area contributed by atoms with E-state index < -0.39 is 0 Å². The first-order valence-corrected chi connectivity index (χ1v) is 16.5.